The number of anilines is 2. The van der Waals surface area contributed by atoms with Crippen molar-refractivity contribution in [2.24, 2.45) is 0 Å². The van der Waals surface area contributed by atoms with Gasteiger partial charge in [0, 0.05) is 55.6 Å². The molecule has 4 rings (SSSR count). The van der Waals surface area contributed by atoms with E-state index in [2.05, 4.69) is 10.3 Å². The highest BCUT2D eigenvalue weighted by atomic mass is 19.1. The van der Waals surface area contributed by atoms with Gasteiger partial charge in [-0.25, -0.2) is 13.8 Å². The summed E-state index contributed by atoms with van der Waals surface area (Å²) in [6, 6.07) is 5.92. The number of aromatic nitrogens is 1. The Balaban J connectivity index is 1.50. The van der Waals surface area contributed by atoms with Crippen LogP contribution in [0.15, 0.2) is 24.4 Å². The molecule has 2 aromatic rings. The van der Waals surface area contributed by atoms with Gasteiger partial charge in [-0.2, -0.15) is 5.26 Å². The summed E-state index contributed by atoms with van der Waals surface area (Å²) in [5.41, 5.74) is 0.621. The van der Waals surface area contributed by atoms with Crippen LogP contribution in [-0.2, 0) is 9.59 Å². The second-order valence-corrected chi connectivity index (χ2v) is 7.67. The number of rotatable bonds is 4. The van der Waals surface area contributed by atoms with E-state index in [-0.39, 0.29) is 24.0 Å². The van der Waals surface area contributed by atoms with Crippen molar-refractivity contribution in [2.45, 2.75) is 18.8 Å². The summed E-state index contributed by atoms with van der Waals surface area (Å²) < 4.78 is 29.6. The number of nitrogens with zero attached hydrogens (tertiary/aromatic N) is 4. The van der Waals surface area contributed by atoms with Crippen LogP contribution in [0, 0.1) is 23.0 Å². The molecule has 2 fully saturated rings. The van der Waals surface area contributed by atoms with Gasteiger partial charge < -0.3 is 9.80 Å². The van der Waals surface area contributed by atoms with Crippen LogP contribution < -0.4 is 15.1 Å². The highest BCUT2D eigenvalue weighted by molar-refractivity contribution is 6.01. The van der Waals surface area contributed by atoms with E-state index in [0.29, 0.717) is 49.5 Å². The fraction of sp³-hybridized carbons (Fsp3) is 0.318. The van der Waals surface area contributed by atoms with Gasteiger partial charge in [0.25, 0.3) is 0 Å². The molecular formula is C22H19F2N5O3. The van der Waals surface area contributed by atoms with Gasteiger partial charge in [0.2, 0.25) is 11.8 Å². The maximum Gasteiger partial charge on any atom is 0.234 e. The first-order valence-electron chi connectivity index (χ1n) is 10.1. The van der Waals surface area contributed by atoms with Gasteiger partial charge in [-0.05, 0) is 24.6 Å². The van der Waals surface area contributed by atoms with Gasteiger partial charge in [-0.1, -0.05) is 0 Å². The van der Waals surface area contributed by atoms with Gasteiger partial charge in [-0.15, -0.1) is 0 Å². The first-order valence-corrected chi connectivity index (χ1v) is 10.1. The number of nitriles is 1. The summed E-state index contributed by atoms with van der Waals surface area (Å²) >= 11 is 0. The molecule has 32 heavy (non-hydrogen) atoms. The predicted molar refractivity (Wildman–Crippen MR) is 110 cm³/mol. The molecule has 0 bridgehead atoms. The minimum atomic E-state index is -1.04. The summed E-state index contributed by atoms with van der Waals surface area (Å²) in [6.45, 7) is 1.78. The van der Waals surface area contributed by atoms with Gasteiger partial charge in [0.15, 0.2) is 6.29 Å². The number of hydrogen-bond acceptors (Lipinski definition) is 7. The molecule has 0 radical (unpaired) electrons. The van der Waals surface area contributed by atoms with Crippen molar-refractivity contribution in [3.05, 3.63) is 52.7 Å². The third-order valence-corrected chi connectivity index (χ3v) is 5.74. The van der Waals surface area contributed by atoms with Gasteiger partial charge in [0.1, 0.15) is 23.5 Å². The molecule has 2 aliphatic rings. The molecule has 1 atom stereocenters. The van der Waals surface area contributed by atoms with Crippen molar-refractivity contribution in [1.29, 1.82) is 5.26 Å². The largest absolute Gasteiger partial charge is 0.368 e. The molecule has 2 amide bonds. The minimum absolute atomic E-state index is 0.0333. The van der Waals surface area contributed by atoms with Gasteiger partial charge in [0.05, 0.1) is 11.5 Å². The van der Waals surface area contributed by atoms with E-state index in [1.54, 1.807) is 0 Å². The van der Waals surface area contributed by atoms with Crippen molar-refractivity contribution >= 4 is 29.6 Å². The van der Waals surface area contributed by atoms with Crippen LogP contribution in [-0.4, -0.2) is 49.3 Å². The third-order valence-electron chi connectivity index (χ3n) is 5.74. The highest BCUT2D eigenvalue weighted by Crippen LogP contribution is 2.32. The SMILES string of the molecule is N#Cc1cc(C=O)cnc1N1CCN(c2cc(F)c(C3CCC(=O)NC3=O)c(F)c2)CC1. The minimum Gasteiger partial charge on any atom is -0.368 e. The average molecular weight is 439 g/mol. The number of carbonyl (C=O) groups excluding carboxylic acids is 3. The van der Waals surface area contributed by atoms with Crippen molar-refractivity contribution in [2.75, 3.05) is 36.0 Å². The number of halogens is 2. The molecular weight excluding hydrogens is 420 g/mol. The zero-order valence-electron chi connectivity index (χ0n) is 17.0. The standard InChI is InChI=1S/C22H19F2N5O3/c23-17-8-15(9-18(24)20(17)16-1-2-19(31)27-22(16)32)28-3-5-29(6-4-28)21-14(10-25)7-13(12-30)11-26-21/h7-9,11-12,16H,1-6H2,(H,27,31,32). The zero-order chi connectivity index (χ0) is 22.8. The Morgan fingerprint density at radius 2 is 1.75 bits per heavy atom. The summed E-state index contributed by atoms with van der Waals surface area (Å²) in [6.07, 6.45) is 2.12. The molecule has 3 heterocycles. The molecule has 164 valence electrons. The molecule has 2 aliphatic heterocycles. The molecule has 1 unspecified atom stereocenters. The molecule has 1 aromatic heterocycles. The van der Waals surface area contributed by atoms with E-state index < -0.39 is 29.4 Å². The number of aldehydes is 1. The predicted octanol–water partition coefficient (Wildman–Crippen LogP) is 1.89. The fourth-order valence-electron chi connectivity index (χ4n) is 4.10. The van der Waals surface area contributed by atoms with Crippen LogP contribution in [0.2, 0.25) is 0 Å². The maximum atomic E-state index is 14.8. The fourth-order valence-corrected chi connectivity index (χ4v) is 4.10. The molecule has 1 aromatic carbocycles. The average Bonchev–Trinajstić information content (AvgIpc) is 2.79. The number of imide groups is 1. The monoisotopic (exact) mass is 439 g/mol. The lowest BCUT2D eigenvalue weighted by molar-refractivity contribution is -0.134. The number of nitrogens with one attached hydrogen (secondary N) is 1. The van der Waals surface area contributed by atoms with E-state index in [1.165, 1.54) is 24.4 Å². The number of piperidine rings is 1. The van der Waals surface area contributed by atoms with Gasteiger partial charge >= 0.3 is 0 Å². The number of hydrogen-bond donors (Lipinski definition) is 1. The van der Waals surface area contributed by atoms with E-state index >= 15 is 0 Å². The highest BCUT2D eigenvalue weighted by Gasteiger charge is 2.33. The van der Waals surface area contributed by atoms with Crippen LogP contribution in [0.3, 0.4) is 0 Å². The zero-order valence-corrected chi connectivity index (χ0v) is 17.0. The van der Waals surface area contributed by atoms with E-state index in [1.807, 2.05) is 15.9 Å². The first-order chi connectivity index (χ1) is 15.4. The molecule has 0 aliphatic carbocycles. The summed E-state index contributed by atoms with van der Waals surface area (Å²) in [7, 11) is 0. The Bertz CT molecular complexity index is 1120. The number of carbonyl (C=O) groups is 3. The molecule has 2 saturated heterocycles. The number of piperazine rings is 1. The lowest BCUT2D eigenvalue weighted by Crippen LogP contribution is -2.47. The number of benzene rings is 1. The van der Waals surface area contributed by atoms with Crippen LogP contribution in [0.4, 0.5) is 20.3 Å². The second kappa shape index (κ2) is 8.70. The van der Waals surface area contributed by atoms with E-state index in [4.69, 9.17) is 0 Å². The van der Waals surface area contributed by atoms with Crippen LogP contribution in [0.1, 0.15) is 40.2 Å². The first kappa shape index (κ1) is 21.4. The van der Waals surface area contributed by atoms with Crippen molar-refractivity contribution < 1.29 is 23.2 Å². The Kier molecular flexibility index (Phi) is 5.81. The Hall–Kier alpha value is -3.87. The Labute approximate surface area is 182 Å². The molecule has 1 N–H and O–H groups in total. The molecule has 8 nitrogen and oxygen atoms in total. The van der Waals surface area contributed by atoms with Crippen LogP contribution in [0.5, 0.6) is 0 Å². The number of pyridine rings is 1. The maximum absolute atomic E-state index is 14.8. The summed E-state index contributed by atoms with van der Waals surface area (Å²) in [5.74, 6) is -3.37. The number of amides is 2. The van der Waals surface area contributed by atoms with Crippen molar-refractivity contribution in [3.8, 4) is 6.07 Å². The molecule has 10 heteroatoms. The quantitative estimate of drug-likeness (QED) is 0.573. The van der Waals surface area contributed by atoms with E-state index in [9.17, 15) is 28.4 Å². The van der Waals surface area contributed by atoms with Crippen LogP contribution >= 0.6 is 0 Å². The molecule has 0 saturated carbocycles. The smallest absolute Gasteiger partial charge is 0.234 e. The van der Waals surface area contributed by atoms with Gasteiger partial charge in [-0.3, -0.25) is 19.7 Å². The summed E-state index contributed by atoms with van der Waals surface area (Å²) in [4.78, 5) is 42.2. The Morgan fingerprint density at radius 1 is 1.09 bits per heavy atom. The topological polar surface area (TPSA) is 106 Å². The van der Waals surface area contributed by atoms with Crippen molar-refractivity contribution in [1.82, 2.24) is 10.3 Å². The second-order valence-electron chi connectivity index (χ2n) is 7.67. The normalized spacial score (nSPS) is 18.8. The van der Waals surface area contributed by atoms with Crippen molar-refractivity contribution in [3.63, 3.8) is 0 Å². The third kappa shape index (κ3) is 4.01. The Morgan fingerprint density at radius 3 is 2.34 bits per heavy atom. The van der Waals surface area contributed by atoms with Crippen LogP contribution in [0.25, 0.3) is 0 Å². The lowest BCUT2D eigenvalue weighted by atomic mass is 9.89. The molecule has 0 spiro atoms. The summed E-state index contributed by atoms with van der Waals surface area (Å²) in [5, 5.41) is 11.5. The lowest BCUT2D eigenvalue weighted by Gasteiger charge is -2.37. The van der Waals surface area contributed by atoms with E-state index in [0.717, 1.165) is 0 Å².